The monoisotopic (exact) mass is 423 g/mol. The molecule has 4 rings (SSSR count). The standard InChI is InChI=1S/C24H25NO4S/c26-12-6-7-13-28-23-15-17(20-16-30-22-11-5-4-10-19(20)22)14-21(29-23)24(27)25-18-8-2-1-3-9-18/h1-5,8-11,14,16-17,23,26H,6-7,12-13,15H2,(H,25,27)/t17-,23+/m0/s1. The van der Waals surface area contributed by atoms with Crippen LogP contribution in [-0.2, 0) is 14.3 Å². The minimum absolute atomic E-state index is 0.0225. The Bertz CT molecular complexity index is 1010. The van der Waals surface area contributed by atoms with Crippen LogP contribution in [-0.4, -0.2) is 30.5 Å². The lowest BCUT2D eigenvalue weighted by atomic mass is 9.92. The first-order valence-electron chi connectivity index (χ1n) is 10.2. The molecule has 0 fully saturated rings. The van der Waals surface area contributed by atoms with Gasteiger partial charge in [0.05, 0.1) is 6.61 Å². The highest BCUT2D eigenvalue weighted by Gasteiger charge is 2.30. The highest BCUT2D eigenvalue weighted by atomic mass is 32.1. The normalized spacial score (nSPS) is 18.6. The number of carbonyl (C=O) groups excluding carboxylic acids is 1. The van der Waals surface area contributed by atoms with E-state index < -0.39 is 6.29 Å². The number of fused-ring (bicyclic) bond motifs is 1. The van der Waals surface area contributed by atoms with Crippen molar-refractivity contribution in [2.45, 2.75) is 31.5 Å². The van der Waals surface area contributed by atoms with E-state index in [0.717, 1.165) is 12.1 Å². The summed E-state index contributed by atoms with van der Waals surface area (Å²) < 4.78 is 13.0. The number of carbonyl (C=O) groups is 1. The fourth-order valence-electron chi connectivity index (χ4n) is 3.56. The smallest absolute Gasteiger partial charge is 0.290 e. The Morgan fingerprint density at radius 3 is 2.77 bits per heavy atom. The number of thiophene rings is 1. The minimum Gasteiger partial charge on any atom is -0.459 e. The van der Waals surface area contributed by atoms with Crippen molar-refractivity contribution in [3.8, 4) is 0 Å². The van der Waals surface area contributed by atoms with Crippen molar-refractivity contribution >= 4 is 33.0 Å². The minimum atomic E-state index is -0.506. The number of ether oxygens (including phenoxy) is 2. The third-order valence-electron chi connectivity index (χ3n) is 5.08. The van der Waals surface area contributed by atoms with E-state index in [9.17, 15) is 4.79 Å². The molecule has 1 aliphatic heterocycles. The van der Waals surface area contributed by atoms with Gasteiger partial charge in [-0.05, 0) is 53.4 Å². The van der Waals surface area contributed by atoms with Gasteiger partial charge in [0.25, 0.3) is 5.91 Å². The van der Waals surface area contributed by atoms with Gasteiger partial charge in [0.2, 0.25) is 6.29 Å². The van der Waals surface area contributed by atoms with Crippen LogP contribution in [0, 0.1) is 0 Å². The van der Waals surface area contributed by atoms with Crippen LogP contribution >= 0.6 is 11.3 Å². The molecule has 3 aromatic rings. The summed E-state index contributed by atoms with van der Waals surface area (Å²) in [4.78, 5) is 12.9. The maximum absolute atomic E-state index is 12.9. The largest absolute Gasteiger partial charge is 0.459 e. The van der Waals surface area contributed by atoms with Gasteiger partial charge in [-0.3, -0.25) is 4.79 Å². The zero-order valence-corrected chi connectivity index (χ0v) is 17.4. The average molecular weight is 424 g/mol. The van der Waals surface area contributed by atoms with Crippen LogP contribution < -0.4 is 5.32 Å². The van der Waals surface area contributed by atoms with Crippen molar-refractivity contribution < 1.29 is 19.4 Å². The van der Waals surface area contributed by atoms with E-state index in [1.165, 1.54) is 15.6 Å². The number of amides is 1. The molecule has 0 aliphatic carbocycles. The van der Waals surface area contributed by atoms with E-state index in [4.69, 9.17) is 14.6 Å². The summed E-state index contributed by atoms with van der Waals surface area (Å²) in [5.41, 5.74) is 1.91. The highest BCUT2D eigenvalue weighted by molar-refractivity contribution is 7.17. The van der Waals surface area contributed by atoms with E-state index >= 15 is 0 Å². The number of hydrogen-bond acceptors (Lipinski definition) is 5. The van der Waals surface area contributed by atoms with Gasteiger partial charge in [0.1, 0.15) is 0 Å². The third-order valence-corrected chi connectivity index (χ3v) is 6.06. The van der Waals surface area contributed by atoms with Gasteiger partial charge < -0.3 is 19.9 Å². The molecule has 6 heteroatoms. The predicted octanol–water partition coefficient (Wildman–Crippen LogP) is 5.04. The van der Waals surface area contributed by atoms with Crippen LogP contribution in [0.25, 0.3) is 10.1 Å². The topological polar surface area (TPSA) is 67.8 Å². The molecule has 0 bridgehead atoms. The number of aliphatic hydroxyl groups is 1. The number of hydrogen-bond donors (Lipinski definition) is 2. The van der Waals surface area contributed by atoms with Crippen LogP contribution in [0.4, 0.5) is 5.69 Å². The third kappa shape index (κ3) is 4.90. The molecule has 2 aromatic carbocycles. The number of aliphatic hydroxyl groups excluding tert-OH is 1. The lowest BCUT2D eigenvalue weighted by Gasteiger charge is -2.29. The fraction of sp³-hybridized carbons (Fsp3) is 0.292. The van der Waals surface area contributed by atoms with Crippen LogP contribution in [0.5, 0.6) is 0 Å². The first-order valence-corrected chi connectivity index (χ1v) is 11.1. The Labute approximate surface area is 179 Å². The number of nitrogens with one attached hydrogen (secondary N) is 1. The summed E-state index contributed by atoms with van der Waals surface area (Å²) in [7, 11) is 0. The number of unbranched alkanes of at least 4 members (excludes halogenated alkanes) is 1. The molecule has 156 valence electrons. The van der Waals surface area contributed by atoms with Gasteiger partial charge in [-0.15, -0.1) is 11.3 Å². The number of anilines is 1. The zero-order chi connectivity index (χ0) is 20.8. The van der Waals surface area contributed by atoms with Crippen molar-refractivity contribution in [3.63, 3.8) is 0 Å². The SMILES string of the molecule is O=C(Nc1ccccc1)C1=C[C@H](c2csc3ccccc23)C[C@H](OCCCCO)O1. The van der Waals surface area contributed by atoms with Crippen molar-refractivity contribution in [1.82, 2.24) is 0 Å². The zero-order valence-electron chi connectivity index (χ0n) is 16.6. The summed E-state index contributed by atoms with van der Waals surface area (Å²) in [5, 5.41) is 15.2. The Morgan fingerprint density at radius 1 is 1.13 bits per heavy atom. The van der Waals surface area contributed by atoms with Crippen LogP contribution in [0.2, 0.25) is 0 Å². The number of rotatable bonds is 8. The molecule has 0 unspecified atom stereocenters. The van der Waals surface area contributed by atoms with E-state index in [2.05, 4.69) is 22.8 Å². The number of para-hydroxylation sites is 1. The lowest BCUT2D eigenvalue weighted by Crippen LogP contribution is -2.29. The summed E-state index contributed by atoms with van der Waals surface area (Å²) in [6, 6.07) is 17.6. The summed E-state index contributed by atoms with van der Waals surface area (Å²) >= 11 is 1.71. The van der Waals surface area contributed by atoms with Gasteiger partial charge in [0.15, 0.2) is 5.76 Å². The average Bonchev–Trinajstić information content (AvgIpc) is 3.21. The van der Waals surface area contributed by atoms with E-state index in [1.807, 2.05) is 48.5 Å². The molecule has 0 saturated heterocycles. The molecule has 1 aliphatic rings. The summed E-state index contributed by atoms with van der Waals surface area (Å²) in [6.45, 7) is 0.624. The van der Waals surface area contributed by atoms with Crippen LogP contribution in [0.3, 0.4) is 0 Å². The van der Waals surface area contributed by atoms with E-state index in [1.54, 1.807) is 11.3 Å². The van der Waals surface area contributed by atoms with Gasteiger partial charge in [-0.2, -0.15) is 0 Å². The maximum atomic E-state index is 12.9. The number of benzene rings is 2. The second-order valence-corrected chi connectivity index (χ2v) is 8.14. The van der Waals surface area contributed by atoms with E-state index in [-0.39, 0.29) is 24.2 Å². The Balaban J connectivity index is 1.57. The number of allylic oxidation sites excluding steroid dienone is 1. The summed E-state index contributed by atoms with van der Waals surface area (Å²) in [5.74, 6) is 0.0150. The fourth-order valence-corrected chi connectivity index (χ4v) is 4.59. The molecular weight excluding hydrogens is 398 g/mol. The maximum Gasteiger partial charge on any atom is 0.290 e. The van der Waals surface area contributed by atoms with Crippen LogP contribution in [0.1, 0.15) is 30.7 Å². The predicted molar refractivity (Wildman–Crippen MR) is 119 cm³/mol. The second-order valence-electron chi connectivity index (χ2n) is 7.23. The van der Waals surface area contributed by atoms with Gasteiger partial charge in [-0.1, -0.05) is 36.4 Å². The lowest BCUT2D eigenvalue weighted by molar-refractivity contribution is -0.143. The molecule has 2 N–H and O–H groups in total. The van der Waals surface area contributed by atoms with Crippen molar-refractivity contribution in [2.75, 3.05) is 18.5 Å². The van der Waals surface area contributed by atoms with Crippen molar-refractivity contribution in [3.05, 3.63) is 77.4 Å². The van der Waals surface area contributed by atoms with Gasteiger partial charge in [-0.25, -0.2) is 0 Å². The first kappa shape index (κ1) is 20.6. The van der Waals surface area contributed by atoms with Gasteiger partial charge in [0, 0.05) is 29.3 Å². The molecular formula is C24H25NO4S. The molecule has 0 radical (unpaired) electrons. The van der Waals surface area contributed by atoms with Gasteiger partial charge >= 0.3 is 0 Å². The highest BCUT2D eigenvalue weighted by Crippen LogP contribution is 2.38. The molecule has 1 amide bonds. The molecule has 2 heterocycles. The van der Waals surface area contributed by atoms with Crippen LogP contribution in [0.15, 0.2) is 71.8 Å². The van der Waals surface area contributed by atoms with Crippen molar-refractivity contribution in [1.29, 1.82) is 0 Å². The Hall–Kier alpha value is -2.67. The van der Waals surface area contributed by atoms with E-state index in [0.29, 0.717) is 19.4 Å². The molecule has 0 saturated carbocycles. The van der Waals surface area contributed by atoms with Crippen molar-refractivity contribution in [2.24, 2.45) is 0 Å². The quantitative estimate of drug-likeness (QED) is 0.498. The molecule has 0 spiro atoms. The summed E-state index contributed by atoms with van der Waals surface area (Å²) in [6.07, 6.45) is 3.47. The Kier molecular flexibility index (Phi) is 6.79. The second kappa shape index (κ2) is 9.89. The Morgan fingerprint density at radius 2 is 1.93 bits per heavy atom. The molecule has 5 nitrogen and oxygen atoms in total. The first-order chi connectivity index (χ1) is 14.7. The molecule has 1 aromatic heterocycles. The molecule has 30 heavy (non-hydrogen) atoms. The molecule has 2 atom stereocenters.